The maximum atomic E-state index is 12.7. The zero-order valence-electron chi connectivity index (χ0n) is 11.0. The van der Waals surface area contributed by atoms with Gasteiger partial charge in [-0.15, -0.1) is 0 Å². The Bertz CT molecular complexity index is 624. The van der Waals surface area contributed by atoms with Gasteiger partial charge in [-0.05, 0) is 30.7 Å². The van der Waals surface area contributed by atoms with Gasteiger partial charge in [-0.25, -0.2) is 14.8 Å². The normalized spacial score (nSPS) is 15.4. The Hall–Kier alpha value is -1.85. The van der Waals surface area contributed by atoms with Crippen LogP contribution in [-0.4, -0.2) is 29.1 Å². The molecule has 0 aromatic carbocycles. The third-order valence-electron chi connectivity index (χ3n) is 3.21. The fourth-order valence-electron chi connectivity index (χ4n) is 2.27. The van der Waals surface area contributed by atoms with Crippen molar-refractivity contribution in [3.8, 4) is 0 Å². The van der Waals surface area contributed by atoms with Crippen molar-refractivity contribution in [1.82, 2.24) is 9.97 Å². The number of amides is 2. The summed E-state index contributed by atoms with van der Waals surface area (Å²) in [4.78, 5) is 24.2. The van der Waals surface area contributed by atoms with E-state index in [1.54, 1.807) is 46.5 Å². The Morgan fingerprint density at radius 3 is 1.81 bits per heavy atom. The van der Waals surface area contributed by atoms with Crippen LogP contribution in [0.4, 0.5) is 16.4 Å². The number of rotatable bonds is 2. The molecule has 2 aromatic rings. The third-order valence-corrected chi connectivity index (χ3v) is 3.80. The maximum absolute atomic E-state index is 12.7. The van der Waals surface area contributed by atoms with E-state index in [4.69, 9.17) is 23.2 Å². The zero-order chi connectivity index (χ0) is 14.8. The number of hydrogen-bond donors (Lipinski definition) is 0. The molecule has 1 fully saturated rings. The number of urea groups is 1. The molecule has 0 radical (unpaired) electrons. The summed E-state index contributed by atoms with van der Waals surface area (Å²) < 4.78 is 0. The van der Waals surface area contributed by atoms with Crippen molar-refractivity contribution in [3.05, 3.63) is 46.7 Å². The van der Waals surface area contributed by atoms with E-state index in [0.717, 1.165) is 6.42 Å². The predicted octanol–water partition coefficient (Wildman–Crippen LogP) is 3.62. The van der Waals surface area contributed by atoms with Crippen molar-refractivity contribution < 1.29 is 4.79 Å². The molecular weight excluding hydrogens is 311 g/mol. The summed E-state index contributed by atoms with van der Waals surface area (Å²) in [5.74, 6) is 0.918. The summed E-state index contributed by atoms with van der Waals surface area (Å²) in [7, 11) is 0. The summed E-state index contributed by atoms with van der Waals surface area (Å²) in [5, 5.41) is 0.889. The molecule has 21 heavy (non-hydrogen) atoms. The molecule has 0 atom stereocenters. The molecule has 108 valence electrons. The lowest BCUT2D eigenvalue weighted by Gasteiger charge is -2.34. The lowest BCUT2D eigenvalue weighted by molar-refractivity contribution is 0.248. The van der Waals surface area contributed by atoms with Gasteiger partial charge in [0.25, 0.3) is 0 Å². The molecule has 3 heterocycles. The second-order valence-electron chi connectivity index (χ2n) is 4.56. The highest BCUT2D eigenvalue weighted by Crippen LogP contribution is 2.30. The Morgan fingerprint density at radius 2 is 1.38 bits per heavy atom. The smallest absolute Gasteiger partial charge is 0.277 e. The molecule has 0 N–H and O–H groups in total. The van der Waals surface area contributed by atoms with Gasteiger partial charge in [0.15, 0.2) is 11.6 Å². The molecule has 0 saturated carbocycles. The van der Waals surface area contributed by atoms with Crippen molar-refractivity contribution >= 4 is 40.9 Å². The quantitative estimate of drug-likeness (QED) is 0.848. The van der Waals surface area contributed by atoms with E-state index in [0.29, 0.717) is 34.8 Å². The first-order chi connectivity index (χ1) is 10.2. The SMILES string of the molecule is O=C1N(c2ncccc2Cl)CCCN1c1ncccc1Cl. The van der Waals surface area contributed by atoms with E-state index in [1.165, 1.54) is 0 Å². The molecule has 0 spiro atoms. The minimum Gasteiger partial charge on any atom is -0.277 e. The van der Waals surface area contributed by atoms with Gasteiger partial charge in [0, 0.05) is 25.5 Å². The number of carbonyl (C=O) groups is 1. The first-order valence-corrected chi connectivity index (χ1v) is 7.24. The van der Waals surface area contributed by atoms with E-state index in [1.807, 2.05) is 0 Å². The number of hydrogen-bond acceptors (Lipinski definition) is 3. The van der Waals surface area contributed by atoms with E-state index in [9.17, 15) is 4.79 Å². The molecule has 0 bridgehead atoms. The van der Waals surface area contributed by atoms with E-state index < -0.39 is 0 Å². The average Bonchev–Trinajstić information content (AvgIpc) is 2.49. The van der Waals surface area contributed by atoms with Crippen molar-refractivity contribution in [2.24, 2.45) is 0 Å². The summed E-state index contributed by atoms with van der Waals surface area (Å²) in [5.41, 5.74) is 0. The van der Waals surface area contributed by atoms with Crippen LogP contribution >= 0.6 is 23.2 Å². The minimum atomic E-state index is -0.220. The van der Waals surface area contributed by atoms with Gasteiger partial charge in [0.05, 0.1) is 10.0 Å². The summed E-state index contributed by atoms with van der Waals surface area (Å²) >= 11 is 12.3. The van der Waals surface area contributed by atoms with Crippen LogP contribution in [0.3, 0.4) is 0 Å². The molecule has 1 aliphatic heterocycles. The number of halogens is 2. The van der Waals surface area contributed by atoms with Crippen LogP contribution in [0.5, 0.6) is 0 Å². The molecule has 5 nitrogen and oxygen atoms in total. The van der Waals surface area contributed by atoms with Crippen LogP contribution in [0.25, 0.3) is 0 Å². The minimum absolute atomic E-state index is 0.220. The Labute approximate surface area is 132 Å². The second kappa shape index (κ2) is 5.87. The average molecular weight is 323 g/mol. The highest BCUT2D eigenvalue weighted by molar-refractivity contribution is 6.34. The van der Waals surface area contributed by atoms with E-state index >= 15 is 0 Å². The maximum Gasteiger partial charge on any atom is 0.331 e. The molecule has 1 saturated heterocycles. The summed E-state index contributed by atoms with van der Waals surface area (Å²) in [6.45, 7) is 1.13. The fraction of sp³-hybridized carbons (Fsp3) is 0.214. The number of aromatic nitrogens is 2. The van der Waals surface area contributed by atoms with Gasteiger partial charge < -0.3 is 0 Å². The van der Waals surface area contributed by atoms with Crippen LogP contribution in [0, 0.1) is 0 Å². The van der Waals surface area contributed by atoms with Gasteiger partial charge in [-0.3, -0.25) is 9.80 Å². The van der Waals surface area contributed by atoms with Gasteiger partial charge in [0.1, 0.15) is 0 Å². The van der Waals surface area contributed by atoms with Crippen LogP contribution in [0.1, 0.15) is 6.42 Å². The number of nitrogens with zero attached hydrogens (tertiary/aromatic N) is 4. The fourth-order valence-corrected chi connectivity index (χ4v) is 2.72. The molecular formula is C14H12Cl2N4O. The lowest BCUT2D eigenvalue weighted by Crippen LogP contribution is -2.50. The first-order valence-electron chi connectivity index (χ1n) is 6.48. The molecule has 0 unspecified atom stereocenters. The van der Waals surface area contributed by atoms with Crippen LogP contribution in [0.15, 0.2) is 36.7 Å². The van der Waals surface area contributed by atoms with Gasteiger partial charge >= 0.3 is 6.03 Å². The largest absolute Gasteiger partial charge is 0.331 e. The summed E-state index contributed by atoms with van der Waals surface area (Å²) in [6.07, 6.45) is 4.01. The van der Waals surface area contributed by atoms with Crippen LogP contribution in [0.2, 0.25) is 10.0 Å². The zero-order valence-corrected chi connectivity index (χ0v) is 12.6. The second-order valence-corrected chi connectivity index (χ2v) is 5.37. The van der Waals surface area contributed by atoms with Crippen molar-refractivity contribution in [2.75, 3.05) is 22.9 Å². The molecule has 3 rings (SSSR count). The molecule has 0 aliphatic carbocycles. The van der Waals surface area contributed by atoms with Gasteiger partial charge in [-0.2, -0.15) is 0 Å². The van der Waals surface area contributed by atoms with Crippen LogP contribution < -0.4 is 9.80 Å². The third kappa shape index (κ3) is 2.66. The van der Waals surface area contributed by atoms with Crippen LogP contribution in [-0.2, 0) is 0 Å². The van der Waals surface area contributed by atoms with Crippen molar-refractivity contribution in [2.45, 2.75) is 6.42 Å². The molecule has 7 heteroatoms. The predicted molar refractivity (Wildman–Crippen MR) is 83.2 cm³/mol. The van der Waals surface area contributed by atoms with Gasteiger partial charge in [0.2, 0.25) is 0 Å². The topological polar surface area (TPSA) is 49.3 Å². The van der Waals surface area contributed by atoms with Crippen molar-refractivity contribution in [1.29, 1.82) is 0 Å². The number of pyridine rings is 2. The van der Waals surface area contributed by atoms with E-state index in [-0.39, 0.29) is 6.03 Å². The standard InChI is InChI=1S/C14H12Cl2N4O/c15-10-4-1-6-17-12(10)19-8-3-9-20(14(19)21)13-11(16)5-2-7-18-13/h1-2,4-7H,3,8-9H2. The molecule has 2 aromatic heterocycles. The molecule has 2 amide bonds. The van der Waals surface area contributed by atoms with Gasteiger partial charge in [-0.1, -0.05) is 23.2 Å². The summed E-state index contributed by atoms with van der Waals surface area (Å²) in [6, 6.07) is 6.66. The Morgan fingerprint density at radius 1 is 0.905 bits per heavy atom. The Kier molecular flexibility index (Phi) is 3.94. The van der Waals surface area contributed by atoms with Crippen molar-refractivity contribution in [3.63, 3.8) is 0 Å². The monoisotopic (exact) mass is 322 g/mol. The molecule has 1 aliphatic rings. The Balaban J connectivity index is 1.95. The van der Waals surface area contributed by atoms with E-state index in [2.05, 4.69) is 9.97 Å². The number of anilines is 2. The lowest BCUT2D eigenvalue weighted by atomic mass is 10.2. The first kappa shape index (κ1) is 14.1. The number of carbonyl (C=O) groups excluding carboxylic acids is 1. The highest BCUT2D eigenvalue weighted by Gasteiger charge is 2.31. The highest BCUT2D eigenvalue weighted by atomic mass is 35.5.